The maximum Gasteiger partial charge on any atom is 0.0941 e. The molecule has 2 aliphatic rings. The van der Waals surface area contributed by atoms with Gasteiger partial charge < -0.3 is 0 Å². The number of rotatable bonds is 3. The number of aryl methyl sites for hydroxylation is 1. The first-order chi connectivity index (χ1) is 13.8. The lowest BCUT2D eigenvalue weighted by atomic mass is 9.82. The van der Waals surface area contributed by atoms with Crippen molar-refractivity contribution >= 4 is 10.9 Å². The maximum absolute atomic E-state index is 4.93. The zero-order valence-corrected chi connectivity index (χ0v) is 15.7. The van der Waals surface area contributed by atoms with Crippen LogP contribution >= 0.6 is 0 Å². The van der Waals surface area contributed by atoms with Crippen LogP contribution in [0.1, 0.15) is 24.2 Å². The average molecular weight is 370 g/mol. The first kappa shape index (κ1) is 16.0. The largest absolute Gasteiger partial charge is 0.297 e. The minimum Gasteiger partial charge on any atom is -0.297 e. The Morgan fingerprint density at radius 3 is 2.93 bits per heavy atom. The number of hydrogen-bond donors (Lipinski definition) is 1. The van der Waals surface area contributed by atoms with Crippen LogP contribution in [0.5, 0.6) is 0 Å². The number of aromatic nitrogens is 5. The molecule has 1 atom stereocenters. The van der Waals surface area contributed by atoms with E-state index in [1.54, 1.807) is 0 Å². The molecule has 1 fully saturated rings. The number of nitrogens with one attached hydrogen (secondary N) is 1. The monoisotopic (exact) mass is 370 g/mol. The van der Waals surface area contributed by atoms with E-state index in [9.17, 15) is 0 Å². The minimum absolute atomic E-state index is 0.232. The topological polar surface area (TPSA) is 62.6 Å². The molecule has 1 saturated heterocycles. The molecular formula is C22H22N6. The Labute approximate surface area is 163 Å². The molecule has 1 spiro atoms. The maximum atomic E-state index is 4.93. The Morgan fingerprint density at radius 2 is 2.00 bits per heavy atom. The highest BCUT2D eigenvalue weighted by Gasteiger charge is 2.45. The van der Waals surface area contributed by atoms with Crippen molar-refractivity contribution in [3.63, 3.8) is 0 Å². The van der Waals surface area contributed by atoms with E-state index >= 15 is 0 Å². The summed E-state index contributed by atoms with van der Waals surface area (Å²) < 4.78 is 2.23. The first-order valence-corrected chi connectivity index (χ1v) is 9.93. The molecule has 0 bridgehead atoms. The predicted molar refractivity (Wildman–Crippen MR) is 108 cm³/mol. The van der Waals surface area contributed by atoms with Crippen LogP contribution in [0.2, 0.25) is 0 Å². The number of para-hydroxylation sites is 1. The van der Waals surface area contributed by atoms with Crippen LogP contribution < -0.4 is 0 Å². The van der Waals surface area contributed by atoms with E-state index in [4.69, 9.17) is 5.10 Å². The molecule has 4 aromatic rings. The van der Waals surface area contributed by atoms with E-state index in [0.717, 1.165) is 48.3 Å². The van der Waals surface area contributed by atoms with E-state index < -0.39 is 0 Å². The van der Waals surface area contributed by atoms with Crippen LogP contribution in [0, 0.1) is 0 Å². The Bertz CT molecular complexity index is 1150. The van der Waals surface area contributed by atoms with Crippen molar-refractivity contribution in [3.05, 3.63) is 66.2 Å². The fourth-order valence-electron chi connectivity index (χ4n) is 4.93. The zero-order valence-electron chi connectivity index (χ0n) is 15.7. The van der Waals surface area contributed by atoms with Gasteiger partial charge >= 0.3 is 0 Å². The lowest BCUT2D eigenvalue weighted by molar-refractivity contribution is 0.298. The Morgan fingerprint density at radius 1 is 1.07 bits per heavy atom. The van der Waals surface area contributed by atoms with E-state index in [1.165, 1.54) is 24.2 Å². The van der Waals surface area contributed by atoms with Gasteiger partial charge in [0.1, 0.15) is 0 Å². The van der Waals surface area contributed by atoms with Crippen molar-refractivity contribution in [2.45, 2.75) is 31.3 Å². The predicted octanol–water partition coefficient (Wildman–Crippen LogP) is 3.37. The fourth-order valence-corrected chi connectivity index (χ4v) is 4.93. The minimum atomic E-state index is 0.232. The van der Waals surface area contributed by atoms with Crippen LogP contribution in [0.25, 0.3) is 22.2 Å². The summed E-state index contributed by atoms with van der Waals surface area (Å²) in [7, 11) is 0. The average Bonchev–Trinajstić information content (AvgIpc) is 3.50. The highest BCUT2D eigenvalue weighted by Crippen LogP contribution is 2.44. The summed E-state index contributed by atoms with van der Waals surface area (Å²) in [5.41, 5.74) is 5.98. The van der Waals surface area contributed by atoms with Gasteiger partial charge in [-0.3, -0.25) is 19.7 Å². The smallest absolute Gasteiger partial charge is 0.0941 e. The van der Waals surface area contributed by atoms with Crippen LogP contribution in [0.15, 0.2) is 54.9 Å². The molecule has 28 heavy (non-hydrogen) atoms. The van der Waals surface area contributed by atoms with Crippen molar-refractivity contribution in [1.29, 1.82) is 0 Å². The second-order valence-corrected chi connectivity index (χ2v) is 8.13. The SMILES string of the molecule is c1ccc2ncc(-c3cc4n(n3)CCC43CCN(Cc4ccn[nH]4)C3)cc2c1. The van der Waals surface area contributed by atoms with Crippen LogP contribution in [0.3, 0.4) is 0 Å². The molecule has 1 N–H and O–H groups in total. The molecule has 6 rings (SSSR count). The summed E-state index contributed by atoms with van der Waals surface area (Å²) in [6.45, 7) is 4.16. The molecule has 5 heterocycles. The first-order valence-electron chi connectivity index (χ1n) is 9.93. The third kappa shape index (κ3) is 2.48. The summed E-state index contributed by atoms with van der Waals surface area (Å²) in [4.78, 5) is 7.15. The molecule has 2 aliphatic heterocycles. The molecule has 0 saturated carbocycles. The van der Waals surface area contributed by atoms with Gasteiger partial charge in [-0.25, -0.2) is 0 Å². The van der Waals surface area contributed by atoms with Crippen molar-refractivity contribution in [2.75, 3.05) is 13.1 Å². The second-order valence-electron chi connectivity index (χ2n) is 8.13. The molecule has 6 nitrogen and oxygen atoms in total. The number of likely N-dealkylation sites (tertiary alicyclic amines) is 1. The van der Waals surface area contributed by atoms with Gasteiger partial charge in [-0.15, -0.1) is 0 Å². The normalized spacial score (nSPS) is 21.7. The molecule has 0 amide bonds. The highest BCUT2D eigenvalue weighted by atomic mass is 15.3. The molecule has 3 aromatic heterocycles. The molecule has 140 valence electrons. The number of hydrogen-bond acceptors (Lipinski definition) is 4. The second kappa shape index (κ2) is 6.01. The van der Waals surface area contributed by atoms with Gasteiger partial charge in [0.15, 0.2) is 0 Å². The van der Waals surface area contributed by atoms with Crippen LogP contribution in [-0.2, 0) is 18.5 Å². The molecule has 1 unspecified atom stereocenters. The number of nitrogens with zero attached hydrogens (tertiary/aromatic N) is 5. The number of pyridine rings is 1. The summed E-state index contributed by atoms with van der Waals surface area (Å²) in [5, 5.41) is 13.3. The van der Waals surface area contributed by atoms with E-state index in [-0.39, 0.29) is 5.41 Å². The van der Waals surface area contributed by atoms with Gasteiger partial charge in [0.25, 0.3) is 0 Å². The number of aromatic amines is 1. The fraction of sp³-hybridized carbons (Fsp3) is 0.318. The number of benzene rings is 1. The van der Waals surface area contributed by atoms with E-state index in [1.807, 2.05) is 24.5 Å². The van der Waals surface area contributed by atoms with Crippen molar-refractivity contribution < 1.29 is 0 Å². The zero-order chi connectivity index (χ0) is 18.6. The summed E-state index contributed by atoms with van der Waals surface area (Å²) in [6, 6.07) is 14.8. The molecule has 1 aromatic carbocycles. The van der Waals surface area contributed by atoms with Crippen molar-refractivity contribution in [1.82, 2.24) is 29.9 Å². The third-order valence-electron chi connectivity index (χ3n) is 6.40. The summed E-state index contributed by atoms with van der Waals surface area (Å²) in [5.74, 6) is 0. The molecule has 0 radical (unpaired) electrons. The van der Waals surface area contributed by atoms with Gasteiger partial charge in [-0.2, -0.15) is 10.2 Å². The van der Waals surface area contributed by atoms with Crippen molar-refractivity contribution in [3.8, 4) is 11.3 Å². The Hall–Kier alpha value is -2.99. The number of fused-ring (bicyclic) bond motifs is 3. The summed E-state index contributed by atoms with van der Waals surface area (Å²) in [6.07, 6.45) is 6.16. The van der Waals surface area contributed by atoms with Crippen molar-refractivity contribution in [2.24, 2.45) is 0 Å². The van der Waals surface area contributed by atoms with Gasteiger partial charge in [-0.05, 0) is 43.7 Å². The Kier molecular flexibility index (Phi) is 3.43. The lowest BCUT2D eigenvalue weighted by Gasteiger charge is -2.23. The quantitative estimate of drug-likeness (QED) is 0.601. The van der Waals surface area contributed by atoms with Gasteiger partial charge in [0.05, 0.1) is 11.2 Å². The molecular weight excluding hydrogens is 348 g/mol. The van der Waals surface area contributed by atoms with Gasteiger partial charge in [0, 0.05) is 59.8 Å². The van der Waals surface area contributed by atoms with Crippen LogP contribution in [-0.4, -0.2) is 43.0 Å². The Balaban J connectivity index is 1.30. The van der Waals surface area contributed by atoms with E-state index in [2.05, 4.69) is 55.1 Å². The highest BCUT2D eigenvalue weighted by molar-refractivity contribution is 5.82. The van der Waals surface area contributed by atoms with Gasteiger partial charge in [0.2, 0.25) is 0 Å². The number of H-pyrrole nitrogens is 1. The van der Waals surface area contributed by atoms with Crippen LogP contribution in [0.4, 0.5) is 0 Å². The molecule has 6 heteroatoms. The van der Waals surface area contributed by atoms with E-state index in [0.29, 0.717) is 0 Å². The lowest BCUT2D eigenvalue weighted by Crippen LogP contribution is -2.29. The van der Waals surface area contributed by atoms with Gasteiger partial charge in [-0.1, -0.05) is 18.2 Å². The third-order valence-corrected chi connectivity index (χ3v) is 6.40. The standard InChI is InChI=1S/C22H22N6/c1-2-4-19-16(3-1)11-17(13-23-19)20-12-21-22(7-10-28(21)26-20)6-9-27(15-22)14-18-5-8-24-25-18/h1-5,8,11-13H,6-7,9-10,14-15H2,(H,24,25). The summed E-state index contributed by atoms with van der Waals surface area (Å²) >= 11 is 0. The molecule has 0 aliphatic carbocycles.